The van der Waals surface area contributed by atoms with E-state index in [1.165, 1.54) is 24.0 Å². The molecule has 2 aliphatic rings. The van der Waals surface area contributed by atoms with E-state index in [1.54, 1.807) is 4.90 Å². The van der Waals surface area contributed by atoms with Crippen molar-refractivity contribution in [2.45, 2.75) is 32.1 Å². The average molecular weight is 307 g/mol. The van der Waals surface area contributed by atoms with Crippen molar-refractivity contribution in [3.63, 3.8) is 0 Å². The number of fused-ring (bicyclic) bond motifs is 1. The van der Waals surface area contributed by atoms with Crippen molar-refractivity contribution < 1.29 is 13.2 Å². The van der Waals surface area contributed by atoms with E-state index >= 15 is 0 Å². The van der Waals surface area contributed by atoms with Crippen LogP contribution in [0.1, 0.15) is 29.5 Å². The number of nitrogens with zero attached hydrogens (tertiary/aromatic N) is 1. The molecule has 0 radical (unpaired) electrons. The minimum atomic E-state index is -2.93. The van der Waals surface area contributed by atoms with Gasteiger partial charge < -0.3 is 4.90 Å². The van der Waals surface area contributed by atoms with Crippen LogP contribution in [0.25, 0.3) is 0 Å². The highest BCUT2D eigenvalue weighted by Crippen LogP contribution is 2.22. The van der Waals surface area contributed by atoms with Crippen LogP contribution in [0, 0.1) is 0 Å². The Kier molecular flexibility index (Phi) is 4.02. The summed E-state index contributed by atoms with van der Waals surface area (Å²) in [6.45, 7) is 0.679. The number of carbonyl (C=O) groups excluding carboxylic acids is 1. The molecule has 3 rings (SSSR count). The van der Waals surface area contributed by atoms with E-state index in [4.69, 9.17) is 0 Å². The third kappa shape index (κ3) is 3.46. The summed E-state index contributed by atoms with van der Waals surface area (Å²) in [5.41, 5.74) is 3.85. The van der Waals surface area contributed by atoms with Crippen molar-refractivity contribution in [1.82, 2.24) is 4.90 Å². The van der Waals surface area contributed by atoms with Gasteiger partial charge in [-0.15, -0.1) is 0 Å². The van der Waals surface area contributed by atoms with Gasteiger partial charge in [-0.1, -0.05) is 18.2 Å². The minimum absolute atomic E-state index is 0.0423. The van der Waals surface area contributed by atoms with E-state index in [1.807, 2.05) is 6.07 Å². The lowest BCUT2D eigenvalue weighted by Gasteiger charge is -2.27. The summed E-state index contributed by atoms with van der Waals surface area (Å²) in [7, 11) is -2.93. The molecule has 1 aliphatic carbocycles. The zero-order chi connectivity index (χ0) is 14.9. The zero-order valence-corrected chi connectivity index (χ0v) is 13.0. The van der Waals surface area contributed by atoms with Gasteiger partial charge in [0.15, 0.2) is 9.84 Å². The van der Waals surface area contributed by atoms with Gasteiger partial charge in [0.05, 0.1) is 17.9 Å². The van der Waals surface area contributed by atoms with Crippen molar-refractivity contribution in [3.8, 4) is 0 Å². The molecule has 0 atom stereocenters. The second-order valence-corrected chi connectivity index (χ2v) is 8.32. The molecule has 1 saturated heterocycles. The normalized spacial score (nSPS) is 20.9. The first-order valence-corrected chi connectivity index (χ1v) is 9.44. The van der Waals surface area contributed by atoms with Crippen molar-refractivity contribution in [3.05, 3.63) is 34.9 Å². The van der Waals surface area contributed by atoms with E-state index < -0.39 is 9.84 Å². The summed E-state index contributed by atoms with van der Waals surface area (Å²) in [5.74, 6) is 0.243. The van der Waals surface area contributed by atoms with Gasteiger partial charge in [-0.2, -0.15) is 0 Å². The van der Waals surface area contributed by atoms with Gasteiger partial charge in [0.1, 0.15) is 0 Å². The van der Waals surface area contributed by atoms with Crippen LogP contribution in [0.4, 0.5) is 0 Å². The van der Waals surface area contributed by atoms with Crippen LogP contribution < -0.4 is 0 Å². The van der Waals surface area contributed by atoms with Crippen LogP contribution in [0.2, 0.25) is 0 Å². The first kappa shape index (κ1) is 14.6. The predicted molar refractivity (Wildman–Crippen MR) is 82.0 cm³/mol. The quantitative estimate of drug-likeness (QED) is 0.829. The fourth-order valence-electron chi connectivity index (χ4n) is 3.14. The lowest BCUT2D eigenvalue weighted by Crippen LogP contribution is -2.44. The molecule has 4 nitrogen and oxygen atoms in total. The van der Waals surface area contributed by atoms with Gasteiger partial charge in [-0.05, 0) is 42.4 Å². The van der Waals surface area contributed by atoms with Gasteiger partial charge in [-0.3, -0.25) is 4.79 Å². The molecule has 1 fully saturated rings. The van der Waals surface area contributed by atoms with Crippen molar-refractivity contribution in [2.24, 2.45) is 0 Å². The largest absolute Gasteiger partial charge is 0.340 e. The molecule has 0 spiro atoms. The lowest BCUT2D eigenvalue weighted by molar-refractivity contribution is -0.130. The summed E-state index contributed by atoms with van der Waals surface area (Å²) in [6, 6.07) is 6.35. The molecule has 1 amide bonds. The summed E-state index contributed by atoms with van der Waals surface area (Å²) in [4.78, 5) is 14.0. The molecule has 21 heavy (non-hydrogen) atoms. The highest BCUT2D eigenvalue weighted by atomic mass is 32.2. The molecular formula is C16H21NO3S. The highest BCUT2D eigenvalue weighted by Gasteiger charge is 2.25. The van der Waals surface area contributed by atoms with E-state index in [9.17, 15) is 13.2 Å². The zero-order valence-electron chi connectivity index (χ0n) is 12.2. The average Bonchev–Trinajstić information content (AvgIpc) is 2.47. The van der Waals surface area contributed by atoms with Crippen LogP contribution in [0.5, 0.6) is 0 Å². The standard InChI is InChI=1S/C16H21NO3S/c18-16(17-7-9-21(19,20)10-8-17)12-13-5-6-14-3-1-2-4-15(14)11-13/h5-6,11H,1-4,7-10,12H2. The van der Waals surface area contributed by atoms with Crippen LogP contribution in [-0.2, 0) is 33.9 Å². The maximum Gasteiger partial charge on any atom is 0.227 e. The Hall–Kier alpha value is -1.36. The van der Waals surface area contributed by atoms with Crippen molar-refractivity contribution in [2.75, 3.05) is 24.6 Å². The number of sulfone groups is 1. The Bertz CT molecular complexity index is 637. The SMILES string of the molecule is O=C(Cc1ccc2c(c1)CCCC2)N1CCS(=O)(=O)CC1. The summed E-state index contributed by atoms with van der Waals surface area (Å²) >= 11 is 0. The molecule has 0 unspecified atom stereocenters. The first-order chi connectivity index (χ1) is 10.0. The molecule has 1 aromatic carbocycles. The van der Waals surface area contributed by atoms with Gasteiger partial charge in [-0.25, -0.2) is 8.42 Å². The Balaban J connectivity index is 1.65. The lowest BCUT2D eigenvalue weighted by atomic mass is 9.90. The molecular weight excluding hydrogens is 286 g/mol. The van der Waals surface area contributed by atoms with Gasteiger partial charge in [0.2, 0.25) is 5.91 Å². The number of hydrogen-bond acceptors (Lipinski definition) is 3. The molecule has 0 N–H and O–H groups in total. The Labute approximate surface area is 126 Å². The van der Waals surface area contributed by atoms with Gasteiger partial charge >= 0.3 is 0 Å². The highest BCUT2D eigenvalue weighted by molar-refractivity contribution is 7.91. The molecule has 1 aromatic rings. The fourth-order valence-corrected chi connectivity index (χ4v) is 4.35. The summed E-state index contributed by atoms with van der Waals surface area (Å²) in [5, 5.41) is 0. The fraction of sp³-hybridized carbons (Fsp3) is 0.562. The van der Waals surface area contributed by atoms with E-state index in [2.05, 4.69) is 12.1 Å². The Morgan fingerprint density at radius 2 is 1.71 bits per heavy atom. The number of amides is 1. The van der Waals surface area contributed by atoms with Crippen LogP contribution >= 0.6 is 0 Å². The number of rotatable bonds is 2. The molecule has 114 valence electrons. The van der Waals surface area contributed by atoms with E-state index in [0.717, 1.165) is 18.4 Å². The number of carbonyl (C=O) groups is 1. The summed E-state index contributed by atoms with van der Waals surface area (Å²) in [6.07, 6.45) is 5.13. The maximum absolute atomic E-state index is 12.3. The third-order valence-corrected chi connectivity index (χ3v) is 6.07. The maximum atomic E-state index is 12.3. The van der Waals surface area contributed by atoms with Crippen molar-refractivity contribution >= 4 is 15.7 Å². The third-order valence-electron chi connectivity index (χ3n) is 4.47. The Morgan fingerprint density at radius 1 is 1.05 bits per heavy atom. The molecule has 1 heterocycles. The second kappa shape index (κ2) is 5.79. The smallest absolute Gasteiger partial charge is 0.227 e. The van der Waals surface area contributed by atoms with E-state index in [-0.39, 0.29) is 17.4 Å². The number of benzene rings is 1. The topological polar surface area (TPSA) is 54.5 Å². The molecule has 0 aromatic heterocycles. The second-order valence-electron chi connectivity index (χ2n) is 6.02. The molecule has 5 heteroatoms. The molecule has 0 saturated carbocycles. The molecule has 1 aliphatic heterocycles. The van der Waals surface area contributed by atoms with Gasteiger partial charge in [0, 0.05) is 13.1 Å². The Morgan fingerprint density at radius 3 is 2.43 bits per heavy atom. The van der Waals surface area contributed by atoms with Crippen molar-refractivity contribution in [1.29, 1.82) is 0 Å². The number of hydrogen-bond donors (Lipinski definition) is 0. The molecule has 0 bridgehead atoms. The summed E-state index contributed by atoms with van der Waals surface area (Å²) < 4.78 is 22.8. The van der Waals surface area contributed by atoms with E-state index in [0.29, 0.717) is 19.5 Å². The first-order valence-electron chi connectivity index (χ1n) is 7.62. The van der Waals surface area contributed by atoms with Gasteiger partial charge in [0.25, 0.3) is 0 Å². The van der Waals surface area contributed by atoms with Crippen LogP contribution in [-0.4, -0.2) is 43.8 Å². The predicted octanol–water partition coefficient (Wildman–Crippen LogP) is 1.36. The minimum Gasteiger partial charge on any atom is -0.340 e. The van der Waals surface area contributed by atoms with Crippen LogP contribution in [0.3, 0.4) is 0 Å². The monoisotopic (exact) mass is 307 g/mol. The number of aryl methyl sites for hydroxylation is 2. The van der Waals surface area contributed by atoms with Crippen LogP contribution in [0.15, 0.2) is 18.2 Å².